The molecule has 0 saturated heterocycles. The van der Waals surface area contributed by atoms with Crippen LogP contribution in [-0.2, 0) is 32.6 Å². The fourth-order valence-corrected chi connectivity index (χ4v) is 5.96. The number of rotatable bonds is 6. The molecule has 0 radical (unpaired) electrons. The van der Waals surface area contributed by atoms with Crippen LogP contribution in [0.2, 0.25) is 0 Å². The summed E-state index contributed by atoms with van der Waals surface area (Å²) in [5.74, 6) is -1.34. The van der Waals surface area contributed by atoms with Crippen molar-refractivity contribution in [1.82, 2.24) is 9.29 Å². The molecule has 2 aromatic carbocycles. The normalized spacial score (nSPS) is 15.2. The summed E-state index contributed by atoms with van der Waals surface area (Å²) in [6, 6.07) is 6.67. The van der Waals surface area contributed by atoms with Crippen molar-refractivity contribution in [3.05, 3.63) is 88.5 Å². The van der Waals surface area contributed by atoms with Gasteiger partial charge in [-0.3, -0.25) is 9.78 Å². The van der Waals surface area contributed by atoms with Gasteiger partial charge in [0, 0.05) is 25.7 Å². The highest BCUT2D eigenvalue weighted by Gasteiger charge is 2.41. The summed E-state index contributed by atoms with van der Waals surface area (Å²) in [6.07, 6.45) is -5.71. The molecule has 242 valence electrons. The summed E-state index contributed by atoms with van der Waals surface area (Å²) in [5.41, 5.74) is -2.71. The van der Waals surface area contributed by atoms with E-state index in [0.29, 0.717) is 40.9 Å². The van der Waals surface area contributed by atoms with Crippen molar-refractivity contribution in [2.75, 3.05) is 31.3 Å². The average Bonchev–Trinajstić information content (AvgIpc) is 2.94. The van der Waals surface area contributed by atoms with Crippen LogP contribution in [0.3, 0.4) is 0 Å². The van der Waals surface area contributed by atoms with Crippen LogP contribution in [0.4, 0.5) is 36.4 Å². The molecule has 0 atom stereocenters. The van der Waals surface area contributed by atoms with E-state index in [9.17, 15) is 43.9 Å². The Balaban J connectivity index is 1.82. The average molecular weight is 658 g/mol. The second kappa shape index (κ2) is 11.9. The van der Waals surface area contributed by atoms with Gasteiger partial charge in [-0.05, 0) is 85.9 Å². The molecule has 0 spiro atoms. The highest BCUT2D eigenvalue weighted by Crippen LogP contribution is 2.41. The summed E-state index contributed by atoms with van der Waals surface area (Å²) < 4.78 is 121. The van der Waals surface area contributed by atoms with Crippen LogP contribution in [0.25, 0.3) is 16.7 Å². The first kappa shape index (κ1) is 34.1. The van der Waals surface area contributed by atoms with E-state index in [2.05, 4.69) is 4.98 Å². The second-order valence-electron chi connectivity index (χ2n) is 11.4. The van der Waals surface area contributed by atoms with E-state index in [0.717, 1.165) is 16.7 Å². The van der Waals surface area contributed by atoms with E-state index >= 15 is 0 Å². The Kier molecular flexibility index (Phi) is 8.99. The third-order valence-electron chi connectivity index (χ3n) is 7.84. The first-order valence-electron chi connectivity index (χ1n) is 13.6. The number of alkyl halides is 6. The van der Waals surface area contributed by atoms with Gasteiger partial charge in [-0.25, -0.2) is 12.8 Å². The number of amides is 1. The second-order valence-corrected chi connectivity index (χ2v) is 13.4. The number of benzene rings is 2. The Labute approximate surface area is 256 Å². The smallest absolute Gasteiger partial charge is 0.313 e. The monoisotopic (exact) mass is 657 g/mol. The molecular formula is C31H30F7N3O3S. The van der Waals surface area contributed by atoms with Gasteiger partial charge in [0.2, 0.25) is 15.9 Å². The number of nitrogens with zero attached hydrogens (tertiary/aromatic N) is 3. The maximum atomic E-state index is 14.0. The fourth-order valence-electron chi connectivity index (χ4n) is 5.19. The molecule has 0 saturated carbocycles. The molecule has 1 aliphatic heterocycles. The van der Waals surface area contributed by atoms with Crippen LogP contribution in [0, 0.1) is 12.7 Å². The van der Waals surface area contributed by atoms with Gasteiger partial charge in [0.25, 0.3) is 0 Å². The Morgan fingerprint density at radius 3 is 1.98 bits per heavy atom. The number of pyridine rings is 1. The maximum Gasteiger partial charge on any atom is 0.416 e. The first-order chi connectivity index (χ1) is 20.6. The summed E-state index contributed by atoms with van der Waals surface area (Å²) >= 11 is 0. The van der Waals surface area contributed by atoms with Crippen LogP contribution < -0.4 is 4.90 Å². The zero-order valence-electron chi connectivity index (χ0n) is 24.9. The molecule has 14 heteroatoms. The van der Waals surface area contributed by atoms with Gasteiger partial charge >= 0.3 is 12.4 Å². The molecule has 0 unspecified atom stereocenters. The van der Waals surface area contributed by atoms with Gasteiger partial charge in [0.15, 0.2) is 0 Å². The van der Waals surface area contributed by atoms with Crippen molar-refractivity contribution in [3.63, 3.8) is 0 Å². The number of likely N-dealkylation sites (N-methyl/N-ethyl adjacent to an activating group) is 1. The Morgan fingerprint density at radius 1 is 0.911 bits per heavy atom. The molecule has 3 aromatic rings. The molecule has 6 nitrogen and oxygen atoms in total. The zero-order chi connectivity index (χ0) is 33.7. The summed E-state index contributed by atoms with van der Waals surface area (Å²) in [7, 11) is -2.09. The molecule has 1 amide bonds. The van der Waals surface area contributed by atoms with Crippen molar-refractivity contribution >= 4 is 27.2 Å². The van der Waals surface area contributed by atoms with Gasteiger partial charge in [-0.15, -0.1) is 0 Å². The van der Waals surface area contributed by atoms with E-state index in [4.69, 9.17) is 0 Å². The van der Waals surface area contributed by atoms with E-state index in [1.54, 1.807) is 19.1 Å². The van der Waals surface area contributed by atoms with Crippen molar-refractivity contribution in [2.24, 2.45) is 0 Å². The maximum absolute atomic E-state index is 14.0. The lowest BCUT2D eigenvalue weighted by Gasteiger charge is -2.32. The number of hydrogen-bond donors (Lipinski definition) is 0. The zero-order valence-corrected chi connectivity index (χ0v) is 25.8. The summed E-state index contributed by atoms with van der Waals surface area (Å²) in [6.45, 7) is 4.42. The van der Waals surface area contributed by atoms with E-state index in [1.807, 2.05) is 0 Å². The van der Waals surface area contributed by atoms with E-state index in [-0.39, 0.29) is 24.8 Å². The lowest BCUT2D eigenvalue weighted by molar-refractivity contribution is -0.143. The number of halogens is 7. The minimum absolute atomic E-state index is 0.000917. The SMILES string of the molecule is Cc1cc(F)ccc1-c1cc(C2=CCN(S(C)(=O)=O)CC2)ncc1N(C)C(=O)C(C)(C)c1cc(C(F)(F)F)cc(C(F)(F)F)c1. The van der Waals surface area contributed by atoms with Gasteiger partial charge in [-0.1, -0.05) is 12.1 Å². The predicted octanol–water partition coefficient (Wildman–Crippen LogP) is 7.22. The standard InChI is InChI=1S/C31H30F7N3O3S/c1-18-12-23(32)6-7-24(18)25-16-26(19-8-10-41(11-9-19)45(5,43)44)39-17-27(25)40(4)28(42)29(2,3)20-13-21(30(33,34)35)15-22(14-20)31(36,37)38/h6-8,12-17H,9-11H2,1-5H3. The molecule has 2 heterocycles. The third kappa shape index (κ3) is 7.22. The van der Waals surface area contributed by atoms with Crippen molar-refractivity contribution in [3.8, 4) is 11.1 Å². The van der Waals surface area contributed by atoms with Crippen LogP contribution >= 0.6 is 0 Å². The van der Waals surface area contributed by atoms with Crippen molar-refractivity contribution in [2.45, 2.75) is 45.0 Å². The number of aryl methyl sites for hydroxylation is 1. The Hall–Kier alpha value is -3.78. The molecule has 0 N–H and O–H groups in total. The highest BCUT2D eigenvalue weighted by atomic mass is 32.2. The quantitative estimate of drug-likeness (QED) is 0.263. The fraction of sp³-hybridized carbons (Fsp3) is 0.355. The number of aromatic nitrogens is 1. The van der Waals surface area contributed by atoms with E-state index < -0.39 is 56.2 Å². The van der Waals surface area contributed by atoms with Crippen molar-refractivity contribution in [1.29, 1.82) is 0 Å². The predicted molar refractivity (Wildman–Crippen MR) is 156 cm³/mol. The molecule has 45 heavy (non-hydrogen) atoms. The molecule has 0 fully saturated rings. The molecule has 4 rings (SSSR count). The third-order valence-corrected chi connectivity index (χ3v) is 9.11. The number of sulfonamides is 1. The lowest BCUT2D eigenvalue weighted by Crippen LogP contribution is -2.42. The van der Waals surface area contributed by atoms with Crippen molar-refractivity contribution < 1.29 is 43.9 Å². The summed E-state index contributed by atoms with van der Waals surface area (Å²) in [4.78, 5) is 19.5. The van der Waals surface area contributed by atoms with Gasteiger partial charge in [-0.2, -0.15) is 30.6 Å². The lowest BCUT2D eigenvalue weighted by atomic mass is 9.81. The minimum atomic E-state index is -5.10. The largest absolute Gasteiger partial charge is 0.416 e. The number of carbonyl (C=O) groups excluding carboxylic acids is 1. The van der Waals surface area contributed by atoms with Crippen LogP contribution in [-0.4, -0.2) is 50.0 Å². The van der Waals surface area contributed by atoms with Crippen LogP contribution in [0.1, 0.15) is 48.2 Å². The molecule has 1 aromatic heterocycles. The summed E-state index contributed by atoms with van der Waals surface area (Å²) in [5, 5.41) is 0. The molecule has 0 aliphatic carbocycles. The van der Waals surface area contributed by atoms with Gasteiger partial charge in [0.1, 0.15) is 5.82 Å². The highest BCUT2D eigenvalue weighted by molar-refractivity contribution is 7.88. The number of hydrogen-bond acceptors (Lipinski definition) is 4. The number of carbonyl (C=O) groups is 1. The minimum Gasteiger partial charge on any atom is -0.313 e. The topological polar surface area (TPSA) is 70.6 Å². The van der Waals surface area contributed by atoms with Crippen LogP contribution in [0.15, 0.2) is 54.7 Å². The molecule has 1 aliphatic rings. The van der Waals surface area contributed by atoms with Gasteiger partial charge < -0.3 is 4.90 Å². The van der Waals surface area contributed by atoms with Crippen LogP contribution in [0.5, 0.6) is 0 Å². The number of anilines is 1. The Bertz CT molecular complexity index is 1750. The van der Waals surface area contributed by atoms with Gasteiger partial charge in [0.05, 0.1) is 40.4 Å². The van der Waals surface area contributed by atoms with E-state index in [1.165, 1.54) is 49.6 Å². The molecular weight excluding hydrogens is 627 g/mol. The first-order valence-corrected chi connectivity index (χ1v) is 15.4. The Morgan fingerprint density at radius 2 is 1.49 bits per heavy atom. The molecule has 0 bridgehead atoms.